The minimum Gasteiger partial charge on any atom is -0.329 e. The van der Waals surface area contributed by atoms with Crippen molar-refractivity contribution in [3.8, 4) is 0 Å². The molecule has 1 heterocycles. The third kappa shape index (κ3) is 2.39. The number of hydrogen-bond acceptors (Lipinski definition) is 4. The first-order valence-corrected chi connectivity index (χ1v) is 9.85. The van der Waals surface area contributed by atoms with E-state index in [9.17, 15) is 9.59 Å². The molecule has 1 saturated heterocycles. The smallest absolute Gasteiger partial charge is 0.293 e. The molecule has 2 amide bonds. The molecule has 5 fully saturated rings. The highest BCUT2D eigenvalue weighted by atomic mass is 32.2. The maximum Gasteiger partial charge on any atom is 0.293 e. The van der Waals surface area contributed by atoms with Gasteiger partial charge in [0.15, 0.2) is 0 Å². The molecule has 0 aromatic heterocycles. The van der Waals surface area contributed by atoms with E-state index in [1.165, 1.54) is 49.0 Å². The molecule has 4 aliphatic carbocycles. The number of carbonyl (C=O) groups is 2. The Balaban J connectivity index is 1.71. The second kappa shape index (κ2) is 5.62. The van der Waals surface area contributed by atoms with Crippen molar-refractivity contribution in [1.82, 2.24) is 4.90 Å². The maximum absolute atomic E-state index is 12.8. The second-order valence-corrected chi connectivity index (χ2v) is 8.93. The van der Waals surface area contributed by atoms with Crippen LogP contribution in [-0.4, -0.2) is 29.1 Å². The SMILES string of the molecule is CCC(=C1SC(=O)N(CCN)C1=O)C12CC3CC(CC(C3)C1)C2. The number of nitrogens with zero attached hydrogens (tertiary/aromatic N) is 1. The van der Waals surface area contributed by atoms with Crippen molar-refractivity contribution in [2.75, 3.05) is 13.1 Å². The van der Waals surface area contributed by atoms with E-state index in [0.717, 1.165) is 40.8 Å². The van der Waals surface area contributed by atoms with E-state index in [-0.39, 0.29) is 16.6 Å². The Morgan fingerprint density at radius 2 is 1.74 bits per heavy atom. The summed E-state index contributed by atoms with van der Waals surface area (Å²) in [6.45, 7) is 2.83. The Morgan fingerprint density at radius 1 is 1.17 bits per heavy atom. The lowest BCUT2D eigenvalue weighted by Gasteiger charge is -2.58. The first-order chi connectivity index (χ1) is 11.1. The first kappa shape index (κ1) is 15.7. The van der Waals surface area contributed by atoms with Crippen LogP contribution in [0.15, 0.2) is 10.5 Å². The van der Waals surface area contributed by atoms with E-state index >= 15 is 0 Å². The molecule has 1 aliphatic heterocycles. The minimum absolute atomic E-state index is 0.0851. The Hall–Kier alpha value is -0.810. The van der Waals surface area contributed by atoms with Crippen molar-refractivity contribution >= 4 is 22.9 Å². The summed E-state index contributed by atoms with van der Waals surface area (Å²) in [7, 11) is 0. The van der Waals surface area contributed by atoms with Gasteiger partial charge < -0.3 is 5.73 Å². The summed E-state index contributed by atoms with van der Waals surface area (Å²) in [6, 6.07) is 0. The van der Waals surface area contributed by atoms with Gasteiger partial charge >= 0.3 is 0 Å². The van der Waals surface area contributed by atoms with Crippen LogP contribution >= 0.6 is 11.8 Å². The van der Waals surface area contributed by atoms with Crippen LogP contribution in [0, 0.1) is 23.2 Å². The van der Waals surface area contributed by atoms with Gasteiger partial charge in [-0.05, 0) is 85.4 Å². The molecule has 4 nitrogen and oxygen atoms in total. The molecule has 5 aliphatic rings. The fourth-order valence-electron chi connectivity index (χ4n) is 6.16. The largest absolute Gasteiger partial charge is 0.329 e. The number of hydrogen-bond donors (Lipinski definition) is 1. The van der Waals surface area contributed by atoms with E-state index in [1.54, 1.807) is 0 Å². The number of nitrogens with two attached hydrogens (primary N) is 1. The van der Waals surface area contributed by atoms with Crippen LogP contribution in [0.2, 0.25) is 0 Å². The predicted molar refractivity (Wildman–Crippen MR) is 91.7 cm³/mol. The molecule has 0 radical (unpaired) electrons. The summed E-state index contributed by atoms with van der Waals surface area (Å²) in [5, 5.41) is -0.133. The van der Waals surface area contributed by atoms with Gasteiger partial charge in [-0.1, -0.05) is 6.92 Å². The highest BCUT2D eigenvalue weighted by Crippen LogP contribution is 2.64. The van der Waals surface area contributed by atoms with Crippen LogP contribution in [0.4, 0.5) is 4.79 Å². The van der Waals surface area contributed by atoms with Gasteiger partial charge in [-0.3, -0.25) is 14.5 Å². The lowest BCUT2D eigenvalue weighted by atomic mass is 9.47. The van der Waals surface area contributed by atoms with Crippen molar-refractivity contribution in [1.29, 1.82) is 0 Å². The number of rotatable bonds is 4. The summed E-state index contributed by atoms with van der Waals surface area (Å²) >= 11 is 1.16. The van der Waals surface area contributed by atoms with Crippen molar-refractivity contribution < 1.29 is 9.59 Å². The zero-order chi connectivity index (χ0) is 16.2. The van der Waals surface area contributed by atoms with Gasteiger partial charge in [0.05, 0.1) is 4.91 Å². The fourth-order valence-corrected chi connectivity index (χ4v) is 7.30. The Morgan fingerprint density at radius 3 is 2.22 bits per heavy atom. The highest BCUT2D eigenvalue weighted by molar-refractivity contribution is 8.18. The first-order valence-electron chi connectivity index (χ1n) is 9.03. The van der Waals surface area contributed by atoms with Crippen LogP contribution in [0.25, 0.3) is 0 Å². The standard InChI is InChI=1S/C18H26N2O2S/c1-2-14(15-16(21)20(4-3-19)17(22)23-15)18-8-11-5-12(9-18)7-13(6-11)10-18/h11-13H,2-10,19H2,1H3. The Kier molecular flexibility index (Phi) is 3.84. The van der Waals surface area contributed by atoms with Crippen LogP contribution in [0.5, 0.6) is 0 Å². The second-order valence-electron chi connectivity index (χ2n) is 7.97. The van der Waals surface area contributed by atoms with E-state index < -0.39 is 0 Å². The molecule has 0 spiro atoms. The average molecular weight is 334 g/mol. The number of thioether (sulfide) groups is 1. The summed E-state index contributed by atoms with van der Waals surface area (Å²) < 4.78 is 0. The van der Waals surface area contributed by atoms with E-state index in [1.807, 2.05) is 0 Å². The predicted octanol–water partition coefficient (Wildman–Crippen LogP) is 3.52. The lowest BCUT2D eigenvalue weighted by molar-refractivity contribution is -0.123. The molecule has 4 saturated carbocycles. The molecule has 0 unspecified atom stereocenters. The quantitative estimate of drug-likeness (QED) is 0.799. The molecule has 5 heteroatoms. The third-order valence-corrected chi connectivity index (χ3v) is 7.53. The molecule has 0 atom stereocenters. The molecular weight excluding hydrogens is 308 g/mol. The van der Waals surface area contributed by atoms with Gasteiger partial charge in [0.25, 0.3) is 11.1 Å². The highest BCUT2D eigenvalue weighted by Gasteiger charge is 2.53. The van der Waals surface area contributed by atoms with Gasteiger partial charge in [-0.2, -0.15) is 0 Å². The summed E-state index contributed by atoms with van der Waals surface area (Å²) in [5.74, 6) is 2.46. The Labute approximate surface area is 142 Å². The lowest BCUT2D eigenvalue weighted by Crippen LogP contribution is -2.47. The molecular formula is C18H26N2O2S. The van der Waals surface area contributed by atoms with Crippen LogP contribution in [-0.2, 0) is 4.79 Å². The Bertz CT molecular complexity index is 548. The van der Waals surface area contributed by atoms with Gasteiger partial charge in [-0.15, -0.1) is 0 Å². The zero-order valence-corrected chi connectivity index (χ0v) is 14.7. The van der Waals surface area contributed by atoms with Crippen LogP contribution < -0.4 is 5.73 Å². The topological polar surface area (TPSA) is 63.4 Å². The summed E-state index contributed by atoms with van der Waals surface area (Å²) in [5.41, 5.74) is 7.06. The molecule has 4 bridgehead atoms. The van der Waals surface area contributed by atoms with Crippen molar-refractivity contribution in [2.24, 2.45) is 28.9 Å². The number of carbonyl (C=O) groups excluding carboxylic acids is 2. The van der Waals surface area contributed by atoms with E-state index in [2.05, 4.69) is 6.92 Å². The van der Waals surface area contributed by atoms with E-state index in [0.29, 0.717) is 13.1 Å². The van der Waals surface area contributed by atoms with Crippen LogP contribution in [0.3, 0.4) is 0 Å². The zero-order valence-electron chi connectivity index (χ0n) is 13.8. The molecule has 23 heavy (non-hydrogen) atoms. The van der Waals surface area contributed by atoms with Crippen molar-refractivity contribution in [3.05, 3.63) is 10.5 Å². The molecule has 126 valence electrons. The third-order valence-electron chi connectivity index (χ3n) is 6.51. The van der Waals surface area contributed by atoms with Gasteiger partial charge in [0, 0.05) is 13.1 Å². The summed E-state index contributed by atoms with van der Waals surface area (Å²) in [6.07, 6.45) is 8.80. The molecule has 5 rings (SSSR count). The van der Waals surface area contributed by atoms with Crippen molar-refractivity contribution in [3.63, 3.8) is 0 Å². The van der Waals surface area contributed by atoms with Crippen molar-refractivity contribution in [2.45, 2.75) is 51.9 Å². The number of allylic oxidation sites excluding steroid dienone is 1. The van der Waals surface area contributed by atoms with Gasteiger partial charge in [0.2, 0.25) is 0 Å². The molecule has 0 aromatic rings. The number of amides is 2. The number of imide groups is 1. The van der Waals surface area contributed by atoms with E-state index in [4.69, 9.17) is 5.73 Å². The fraction of sp³-hybridized carbons (Fsp3) is 0.778. The normalized spacial score (nSPS) is 41.1. The molecule has 2 N–H and O–H groups in total. The van der Waals surface area contributed by atoms with Crippen LogP contribution in [0.1, 0.15) is 51.9 Å². The summed E-state index contributed by atoms with van der Waals surface area (Å²) in [4.78, 5) is 27.1. The maximum atomic E-state index is 12.8. The van der Waals surface area contributed by atoms with Gasteiger partial charge in [0.1, 0.15) is 0 Å². The monoisotopic (exact) mass is 334 g/mol. The average Bonchev–Trinajstić information content (AvgIpc) is 2.75. The molecule has 0 aromatic carbocycles. The minimum atomic E-state index is -0.133. The van der Waals surface area contributed by atoms with Gasteiger partial charge in [-0.25, -0.2) is 0 Å².